The highest BCUT2D eigenvalue weighted by atomic mass is 32.3. The lowest BCUT2D eigenvalue weighted by atomic mass is 10.4. The lowest BCUT2D eigenvalue weighted by Gasteiger charge is -2.22. The molecule has 0 heterocycles. The summed E-state index contributed by atoms with van der Waals surface area (Å²) >= 11 is 9.19. The summed E-state index contributed by atoms with van der Waals surface area (Å²) in [6.07, 6.45) is 3.92. The second-order valence-corrected chi connectivity index (χ2v) is 10.8. The molecule has 3 heteroatoms. The van der Waals surface area contributed by atoms with Crippen molar-refractivity contribution in [2.24, 2.45) is 0 Å². The van der Waals surface area contributed by atoms with E-state index in [9.17, 15) is 0 Å². The molecule has 0 aliphatic heterocycles. The van der Waals surface area contributed by atoms with Gasteiger partial charge in [0, 0.05) is 0 Å². The maximum Gasteiger partial charge on any atom is 0.122 e. The van der Waals surface area contributed by atoms with Crippen LogP contribution in [0.1, 0.15) is 33.1 Å². The van der Waals surface area contributed by atoms with Crippen LogP contribution in [0.4, 0.5) is 0 Å². The van der Waals surface area contributed by atoms with Crippen LogP contribution in [0.3, 0.4) is 0 Å². The van der Waals surface area contributed by atoms with Crippen LogP contribution in [0.15, 0.2) is 0 Å². The molecule has 0 aliphatic rings. The fourth-order valence-corrected chi connectivity index (χ4v) is 5.86. The van der Waals surface area contributed by atoms with Crippen molar-refractivity contribution in [1.82, 2.24) is 0 Å². The van der Waals surface area contributed by atoms with Gasteiger partial charge in [0.05, 0.1) is 0 Å². The van der Waals surface area contributed by atoms with Crippen molar-refractivity contribution in [2.45, 2.75) is 45.2 Å². The van der Waals surface area contributed by atoms with Crippen molar-refractivity contribution in [1.29, 1.82) is 0 Å². The van der Waals surface area contributed by atoms with E-state index in [-0.39, 0.29) is 0 Å². The van der Waals surface area contributed by atoms with E-state index < -0.39 is 7.22 Å². The summed E-state index contributed by atoms with van der Waals surface area (Å²) in [4.78, 5) is 0. The number of thiol groups is 2. The molecule has 0 amide bonds. The Hall–Kier alpha value is 0.917. The first kappa shape index (κ1) is 11.9. The van der Waals surface area contributed by atoms with Gasteiger partial charge in [0.15, 0.2) is 0 Å². The predicted molar refractivity (Wildman–Crippen MR) is 63.4 cm³/mol. The van der Waals surface area contributed by atoms with Gasteiger partial charge in [0.1, 0.15) is 7.22 Å². The maximum absolute atomic E-state index is 4.80. The Bertz CT molecular complexity index is 98.1. The Balaban J connectivity index is 3.68. The zero-order chi connectivity index (χ0) is 8.74. The average molecular weight is 208 g/mol. The molecule has 0 aliphatic carbocycles. The first-order valence-corrected chi connectivity index (χ1v) is 9.06. The van der Waals surface area contributed by atoms with Crippen molar-refractivity contribution >= 4 is 31.9 Å². The molecular weight excluding hydrogens is 188 g/mol. The van der Waals surface area contributed by atoms with Crippen LogP contribution < -0.4 is 0 Å². The highest BCUT2D eigenvalue weighted by Crippen LogP contribution is 2.25. The van der Waals surface area contributed by atoms with Crippen LogP contribution in [0.5, 0.6) is 0 Å². The van der Waals surface area contributed by atoms with Crippen LogP contribution in [-0.4, -0.2) is 12.6 Å². The molecule has 0 fully saturated rings. The summed E-state index contributed by atoms with van der Waals surface area (Å²) < 4.78 is 0. The molecular formula is C8H20S2Si. The number of unbranched alkanes of at least 4 members (excludes halogenated alkanes) is 1. The van der Waals surface area contributed by atoms with Crippen molar-refractivity contribution in [3.05, 3.63) is 0 Å². The first-order chi connectivity index (χ1) is 5.18. The van der Waals surface area contributed by atoms with Crippen LogP contribution >= 0.6 is 24.7 Å². The lowest BCUT2D eigenvalue weighted by Crippen LogP contribution is -2.29. The van der Waals surface area contributed by atoms with Gasteiger partial charge in [-0.3, -0.25) is 0 Å². The summed E-state index contributed by atoms with van der Waals surface area (Å²) in [6.45, 7) is 4.49. The standard InChI is InChI=1S/C8H20S2Si/c1-3-5-7-11(10,8-9)6-4-2/h9-10H,3-8H2,1-2H3. The van der Waals surface area contributed by atoms with Gasteiger partial charge in [0.25, 0.3) is 0 Å². The summed E-state index contributed by atoms with van der Waals surface area (Å²) in [5, 5.41) is 1.05. The molecule has 0 N–H and O–H groups in total. The third kappa shape index (κ3) is 5.20. The van der Waals surface area contributed by atoms with Gasteiger partial charge in [-0.1, -0.05) is 33.1 Å². The Kier molecular flexibility index (Phi) is 6.97. The van der Waals surface area contributed by atoms with E-state index in [1.165, 1.54) is 31.4 Å². The third-order valence-electron chi connectivity index (χ3n) is 2.01. The van der Waals surface area contributed by atoms with Gasteiger partial charge in [-0.2, -0.15) is 12.6 Å². The van der Waals surface area contributed by atoms with Gasteiger partial charge >= 0.3 is 0 Å². The highest BCUT2D eigenvalue weighted by Gasteiger charge is 2.24. The van der Waals surface area contributed by atoms with E-state index in [1.807, 2.05) is 0 Å². The molecule has 0 spiro atoms. The SMILES string of the molecule is CCCC[Si](S)(CS)CCC. The Morgan fingerprint density at radius 1 is 1.09 bits per heavy atom. The lowest BCUT2D eigenvalue weighted by molar-refractivity contribution is 0.864. The molecule has 1 atom stereocenters. The van der Waals surface area contributed by atoms with Crippen LogP contribution in [0, 0.1) is 0 Å². The minimum absolute atomic E-state index is 1.05. The van der Waals surface area contributed by atoms with E-state index in [1.54, 1.807) is 0 Å². The quantitative estimate of drug-likeness (QED) is 0.484. The molecule has 0 aromatic carbocycles. The molecule has 0 rings (SSSR count). The predicted octanol–water partition coefficient (Wildman–Crippen LogP) is 3.54. The third-order valence-corrected chi connectivity index (χ3v) is 9.69. The van der Waals surface area contributed by atoms with Crippen LogP contribution in [0.2, 0.25) is 12.1 Å². The monoisotopic (exact) mass is 208 g/mol. The topological polar surface area (TPSA) is 0 Å². The Labute approximate surface area is 82.6 Å². The molecule has 0 nitrogen and oxygen atoms in total. The molecule has 68 valence electrons. The Morgan fingerprint density at radius 3 is 2.09 bits per heavy atom. The number of hydrogen-bond donors (Lipinski definition) is 2. The summed E-state index contributed by atoms with van der Waals surface area (Å²) in [6, 6.07) is 2.68. The van der Waals surface area contributed by atoms with E-state index in [0.717, 1.165) is 5.38 Å². The number of hydrogen-bond acceptors (Lipinski definition) is 2. The zero-order valence-corrected chi connectivity index (χ0v) is 10.4. The van der Waals surface area contributed by atoms with Gasteiger partial charge in [-0.25, -0.2) is 12.1 Å². The summed E-state index contributed by atoms with van der Waals surface area (Å²) in [5.74, 6) is 0. The van der Waals surface area contributed by atoms with Gasteiger partial charge in [-0.05, 0) is 17.5 Å². The molecule has 0 bridgehead atoms. The van der Waals surface area contributed by atoms with Crippen molar-refractivity contribution in [3.8, 4) is 0 Å². The van der Waals surface area contributed by atoms with Crippen LogP contribution in [0.25, 0.3) is 0 Å². The Morgan fingerprint density at radius 2 is 1.73 bits per heavy atom. The van der Waals surface area contributed by atoms with E-state index >= 15 is 0 Å². The van der Waals surface area contributed by atoms with Gasteiger partial charge in [0.2, 0.25) is 0 Å². The van der Waals surface area contributed by atoms with E-state index in [0.29, 0.717) is 0 Å². The molecule has 11 heavy (non-hydrogen) atoms. The zero-order valence-electron chi connectivity index (χ0n) is 7.64. The molecule has 0 aromatic heterocycles. The van der Waals surface area contributed by atoms with Crippen molar-refractivity contribution in [3.63, 3.8) is 0 Å². The second-order valence-electron chi connectivity index (χ2n) is 3.24. The molecule has 0 saturated heterocycles. The van der Waals surface area contributed by atoms with E-state index in [4.69, 9.17) is 12.1 Å². The maximum atomic E-state index is 4.80. The number of rotatable bonds is 6. The molecule has 0 aromatic rings. The van der Waals surface area contributed by atoms with Gasteiger partial charge in [-0.15, -0.1) is 0 Å². The van der Waals surface area contributed by atoms with Crippen molar-refractivity contribution < 1.29 is 0 Å². The van der Waals surface area contributed by atoms with E-state index in [2.05, 4.69) is 26.5 Å². The highest BCUT2D eigenvalue weighted by molar-refractivity contribution is 8.16. The van der Waals surface area contributed by atoms with Crippen molar-refractivity contribution in [2.75, 3.05) is 5.38 Å². The average Bonchev–Trinajstić information content (AvgIpc) is 2.02. The molecule has 0 saturated carbocycles. The molecule has 0 radical (unpaired) electrons. The minimum atomic E-state index is -1.19. The fraction of sp³-hybridized carbons (Fsp3) is 1.00. The largest absolute Gasteiger partial charge is 0.201 e. The first-order valence-electron chi connectivity index (χ1n) is 4.51. The summed E-state index contributed by atoms with van der Waals surface area (Å²) in [5.41, 5.74) is 0. The summed E-state index contributed by atoms with van der Waals surface area (Å²) in [7, 11) is -1.19. The molecule has 1 unspecified atom stereocenters. The van der Waals surface area contributed by atoms with Gasteiger partial charge < -0.3 is 0 Å². The second kappa shape index (κ2) is 6.43. The minimum Gasteiger partial charge on any atom is -0.201 e. The fourth-order valence-electron chi connectivity index (χ4n) is 1.25. The smallest absolute Gasteiger partial charge is 0.122 e. The normalized spacial score (nSPS) is 16.4. The van der Waals surface area contributed by atoms with Crippen LogP contribution in [-0.2, 0) is 0 Å².